The van der Waals surface area contributed by atoms with Gasteiger partial charge in [0.2, 0.25) is 0 Å². The highest BCUT2D eigenvalue weighted by atomic mass is 16.5. The lowest BCUT2D eigenvalue weighted by atomic mass is 10.1. The Labute approximate surface area is 133 Å². The molecule has 0 radical (unpaired) electrons. The van der Waals surface area contributed by atoms with E-state index in [0.29, 0.717) is 28.3 Å². The molecule has 6 nitrogen and oxygen atoms in total. The summed E-state index contributed by atoms with van der Waals surface area (Å²) < 4.78 is 10.3. The fraction of sp³-hybridized carbons (Fsp3) is 0.176. The van der Waals surface area contributed by atoms with E-state index in [4.69, 9.17) is 14.6 Å². The molecule has 2 N–H and O–H groups in total. The van der Waals surface area contributed by atoms with Crippen LogP contribution in [0.15, 0.2) is 42.5 Å². The monoisotopic (exact) mass is 315 g/mol. The van der Waals surface area contributed by atoms with E-state index in [9.17, 15) is 9.59 Å². The van der Waals surface area contributed by atoms with Crippen molar-refractivity contribution in [3.8, 4) is 11.5 Å². The molecule has 1 amide bonds. The van der Waals surface area contributed by atoms with Crippen LogP contribution < -0.4 is 14.8 Å². The zero-order valence-corrected chi connectivity index (χ0v) is 12.8. The Kier molecular flexibility index (Phi) is 5.19. The van der Waals surface area contributed by atoms with Crippen molar-refractivity contribution in [3.05, 3.63) is 53.6 Å². The van der Waals surface area contributed by atoms with Gasteiger partial charge in [0.15, 0.2) is 0 Å². The molecule has 2 rings (SSSR count). The number of carbonyl (C=O) groups is 2. The molecule has 0 saturated carbocycles. The van der Waals surface area contributed by atoms with Gasteiger partial charge in [-0.2, -0.15) is 0 Å². The summed E-state index contributed by atoms with van der Waals surface area (Å²) in [4.78, 5) is 23.1. The average Bonchev–Trinajstić information content (AvgIpc) is 2.53. The first kappa shape index (κ1) is 16.4. The second-order valence-corrected chi connectivity index (χ2v) is 4.79. The average molecular weight is 315 g/mol. The maximum Gasteiger partial charge on any atom is 0.307 e. The normalized spacial score (nSPS) is 10.0. The Morgan fingerprint density at radius 3 is 2.52 bits per heavy atom. The van der Waals surface area contributed by atoms with Gasteiger partial charge in [-0.15, -0.1) is 0 Å². The minimum absolute atomic E-state index is 0.102. The molecule has 0 fully saturated rings. The number of amides is 1. The molecule has 2 aromatic rings. The summed E-state index contributed by atoms with van der Waals surface area (Å²) in [6, 6.07) is 11.6. The maximum atomic E-state index is 12.4. The number of carboxylic acid groups (broad SMARTS) is 1. The van der Waals surface area contributed by atoms with Gasteiger partial charge in [-0.1, -0.05) is 12.1 Å². The molecule has 0 aliphatic rings. The Balaban J connectivity index is 2.20. The summed E-state index contributed by atoms with van der Waals surface area (Å²) in [5, 5.41) is 11.6. The highest BCUT2D eigenvalue weighted by Gasteiger charge is 2.14. The first-order valence-electron chi connectivity index (χ1n) is 6.87. The Bertz CT molecular complexity index is 727. The lowest BCUT2D eigenvalue weighted by Gasteiger charge is -2.11. The third-order valence-corrected chi connectivity index (χ3v) is 3.19. The molecule has 0 unspecified atom stereocenters. The van der Waals surface area contributed by atoms with Crippen LogP contribution in [0.1, 0.15) is 15.9 Å². The molecule has 0 aliphatic heterocycles. The lowest BCUT2D eigenvalue weighted by Crippen LogP contribution is -2.13. The first-order chi connectivity index (χ1) is 11.0. The fourth-order valence-electron chi connectivity index (χ4n) is 2.12. The van der Waals surface area contributed by atoms with Crippen molar-refractivity contribution in [3.63, 3.8) is 0 Å². The van der Waals surface area contributed by atoms with Gasteiger partial charge >= 0.3 is 5.97 Å². The van der Waals surface area contributed by atoms with Gasteiger partial charge in [0.25, 0.3) is 5.91 Å². The number of benzene rings is 2. The number of nitrogens with one attached hydrogen (secondary N) is 1. The summed E-state index contributed by atoms with van der Waals surface area (Å²) in [6.45, 7) is 0. The van der Waals surface area contributed by atoms with Crippen molar-refractivity contribution >= 4 is 17.6 Å². The number of rotatable bonds is 6. The summed E-state index contributed by atoms with van der Waals surface area (Å²) in [5.41, 5.74) is 1.49. The van der Waals surface area contributed by atoms with Crippen LogP contribution in [-0.4, -0.2) is 31.2 Å². The molecule has 120 valence electrons. The quantitative estimate of drug-likeness (QED) is 0.856. The lowest BCUT2D eigenvalue weighted by molar-refractivity contribution is -0.136. The third-order valence-electron chi connectivity index (χ3n) is 3.19. The number of aliphatic carboxylic acids is 1. The summed E-state index contributed by atoms with van der Waals surface area (Å²) in [5.74, 6) is -0.298. The molecule has 0 bridgehead atoms. The smallest absolute Gasteiger partial charge is 0.307 e. The van der Waals surface area contributed by atoms with Crippen molar-refractivity contribution in [2.45, 2.75) is 6.42 Å². The van der Waals surface area contributed by atoms with Gasteiger partial charge < -0.3 is 19.9 Å². The van der Waals surface area contributed by atoms with E-state index in [0.717, 1.165) is 0 Å². The van der Waals surface area contributed by atoms with Crippen LogP contribution in [0.2, 0.25) is 0 Å². The van der Waals surface area contributed by atoms with Crippen LogP contribution in [0, 0.1) is 0 Å². The van der Waals surface area contributed by atoms with Gasteiger partial charge in [-0.05, 0) is 29.8 Å². The van der Waals surface area contributed by atoms with Gasteiger partial charge in [-0.3, -0.25) is 9.59 Å². The van der Waals surface area contributed by atoms with Crippen LogP contribution in [0.3, 0.4) is 0 Å². The molecule has 0 atom stereocenters. The molecule has 0 aliphatic carbocycles. The number of methoxy groups -OCH3 is 2. The molecule has 0 saturated heterocycles. The van der Waals surface area contributed by atoms with E-state index >= 15 is 0 Å². The van der Waals surface area contributed by atoms with Crippen LogP contribution in [-0.2, 0) is 11.2 Å². The fourth-order valence-corrected chi connectivity index (χ4v) is 2.12. The van der Waals surface area contributed by atoms with E-state index in [1.807, 2.05) is 0 Å². The minimum atomic E-state index is -0.926. The van der Waals surface area contributed by atoms with Crippen LogP contribution in [0.4, 0.5) is 5.69 Å². The number of anilines is 1. The van der Waals surface area contributed by atoms with E-state index in [-0.39, 0.29) is 12.3 Å². The van der Waals surface area contributed by atoms with E-state index in [1.165, 1.54) is 14.2 Å². The highest BCUT2D eigenvalue weighted by Crippen LogP contribution is 2.25. The van der Waals surface area contributed by atoms with Crippen molar-refractivity contribution in [1.82, 2.24) is 0 Å². The molecule has 6 heteroatoms. The zero-order chi connectivity index (χ0) is 16.8. The van der Waals surface area contributed by atoms with E-state index in [1.54, 1.807) is 42.5 Å². The number of carbonyl (C=O) groups excluding carboxylic acids is 1. The van der Waals surface area contributed by atoms with Gasteiger partial charge in [0.1, 0.15) is 11.5 Å². The summed E-state index contributed by atoms with van der Waals surface area (Å²) in [6.07, 6.45) is -0.102. The van der Waals surface area contributed by atoms with Crippen LogP contribution >= 0.6 is 0 Å². The van der Waals surface area contributed by atoms with Gasteiger partial charge in [-0.25, -0.2) is 0 Å². The number of carboxylic acids is 1. The molecule has 0 heterocycles. The van der Waals surface area contributed by atoms with E-state index < -0.39 is 5.97 Å². The predicted octanol–water partition coefficient (Wildman–Crippen LogP) is 2.58. The predicted molar refractivity (Wildman–Crippen MR) is 85.3 cm³/mol. The van der Waals surface area contributed by atoms with Crippen molar-refractivity contribution in [2.75, 3.05) is 19.5 Å². The largest absolute Gasteiger partial charge is 0.497 e. The topological polar surface area (TPSA) is 84.9 Å². The van der Waals surface area contributed by atoms with Crippen molar-refractivity contribution in [2.24, 2.45) is 0 Å². The SMILES string of the molecule is COc1ccc(C(=O)Nc2cccc(CC(=O)O)c2)c(OC)c1. The molecule has 0 aromatic heterocycles. The Morgan fingerprint density at radius 1 is 1.09 bits per heavy atom. The third kappa shape index (κ3) is 4.23. The zero-order valence-electron chi connectivity index (χ0n) is 12.8. The van der Waals surface area contributed by atoms with Crippen LogP contribution in [0.5, 0.6) is 11.5 Å². The number of ether oxygens (including phenoxy) is 2. The number of hydrogen-bond acceptors (Lipinski definition) is 4. The second-order valence-electron chi connectivity index (χ2n) is 4.79. The Morgan fingerprint density at radius 2 is 1.87 bits per heavy atom. The summed E-state index contributed by atoms with van der Waals surface area (Å²) >= 11 is 0. The maximum absolute atomic E-state index is 12.4. The van der Waals surface area contributed by atoms with Gasteiger partial charge in [0, 0.05) is 11.8 Å². The molecule has 0 spiro atoms. The summed E-state index contributed by atoms with van der Waals surface area (Å²) in [7, 11) is 3.00. The second kappa shape index (κ2) is 7.31. The van der Waals surface area contributed by atoms with E-state index in [2.05, 4.69) is 5.32 Å². The highest BCUT2D eigenvalue weighted by molar-refractivity contribution is 6.06. The molecular formula is C17H17NO5. The first-order valence-corrected chi connectivity index (χ1v) is 6.87. The minimum Gasteiger partial charge on any atom is -0.497 e. The molecular weight excluding hydrogens is 298 g/mol. The van der Waals surface area contributed by atoms with Crippen molar-refractivity contribution < 1.29 is 24.2 Å². The van der Waals surface area contributed by atoms with Gasteiger partial charge in [0.05, 0.1) is 26.2 Å². The standard InChI is InChI=1S/C17H17NO5/c1-22-13-6-7-14(15(10-13)23-2)17(21)18-12-5-3-4-11(8-12)9-16(19)20/h3-8,10H,9H2,1-2H3,(H,18,21)(H,19,20). The molecule has 2 aromatic carbocycles. The number of hydrogen-bond donors (Lipinski definition) is 2. The van der Waals surface area contributed by atoms with Crippen LogP contribution in [0.25, 0.3) is 0 Å². The molecule has 23 heavy (non-hydrogen) atoms. The Hall–Kier alpha value is -3.02. The van der Waals surface area contributed by atoms with Crippen molar-refractivity contribution in [1.29, 1.82) is 0 Å².